The van der Waals surface area contributed by atoms with E-state index in [0.717, 1.165) is 12.6 Å². The fraction of sp³-hybridized carbons (Fsp3) is 0.583. The van der Waals surface area contributed by atoms with Gasteiger partial charge in [0, 0.05) is 44.8 Å². The Bertz CT molecular complexity index is 417. The van der Waals surface area contributed by atoms with Crippen molar-refractivity contribution in [1.82, 2.24) is 9.88 Å². The molecule has 0 radical (unpaired) electrons. The Morgan fingerprint density at radius 3 is 2.47 bits per heavy atom. The van der Waals surface area contributed by atoms with Gasteiger partial charge in [-0.1, -0.05) is 0 Å². The van der Waals surface area contributed by atoms with Crippen molar-refractivity contribution in [2.45, 2.75) is 6.18 Å². The van der Waals surface area contributed by atoms with Crippen LogP contribution >= 0.6 is 11.6 Å². The van der Waals surface area contributed by atoms with Gasteiger partial charge in [0.1, 0.15) is 5.82 Å². The van der Waals surface area contributed by atoms with Crippen LogP contribution in [-0.2, 0) is 6.18 Å². The fourth-order valence-electron chi connectivity index (χ4n) is 2.17. The lowest BCUT2D eigenvalue weighted by Crippen LogP contribution is -2.47. The maximum atomic E-state index is 12.9. The lowest BCUT2D eigenvalue weighted by atomic mass is 10.2. The van der Waals surface area contributed by atoms with Crippen LogP contribution in [0.15, 0.2) is 18.3 Å². The van der Waals surface area contributed by atoms with Crippen molar-refractivity contribution in [2.75, 3.05) is 43.5 Å². The van der Waals surface area contributed by atoms with E-state index in [-0.39, 0.29) is 5.82 Å². The highest BCUT2D eigenvalue weighted by Crippen LogP contribution is 2.35. The smallest absolute Gasteiger partial charge is 0.354 e. The number of alkyl halides is 4. The van der Waals surface area contributed by atoms with E-state index in [1.54, 1.807) is 4.90 Å². The zero-order valence-electron chi connectivity index (χ0n) is 10.3. The van der Waals surface area contributed by atoms with Gasteiger partial charge < -0.3 is 4.90 Å². The summed E-state index contributed by atoms with van der Waals surface area (Å²) in [4.78, 5) is 7.73. The Labute approximate surface area is 115 Å². The predicted octanol–water partition coefficient (Wildman–Crippen LogP) is 2.46. The zero-order chi connectivity index (χ0) is 13.9. The molecule has 0 aromatic carbocycles. The Morgan fingerprint density at radius 2 is 1.89 bits per heavy atom. The number of hydrogen-bond donors (Lipinski definition) is 0. The number of piperazine rings is 1. The summed E-state index contributed by atoms with van der Waals surface area (Å²) in [6.45, 7) is 3.26. The van der Waals surface area contributed by atoms with Crippen LogP contribution in [0.5, 0.6) is 0 Å². The molecule has 19 heavy (non-hydrogen) atoms. The minimum atomic E-state index is -4.36. The molecule has 0 spiro atoms. The molecule has 0 unspecified atom stereocenters. The zero-order valence-corrected chi connectivity index (χ0v) is 11.1. The molecule has 2 heterocycles. The van der Waals surface area contributed by atoms with Crippen molar-refractivity contribution >= 4 is 17.4 Å². The highest BCUT2D eigenvalue weighted by molar-refractivity contribution is 6.18. The molecule has 2 rings (SSSR count). The van der Waals surface area contributed by atoms with Crippen molar-refractivity contribution in [3.63, 3.8) is 0 Å². The summed E-state index contributed by atoms with van der Waals surface area (Å²) in [6, 6.07) is 2.39. The third kappa shape index (κ3) is 3.51. The van der Waals surface area contributed by atoms with Crippen molar-refractivity contribution in [3.8, 4) is 0 Å². The van der Waals surface area contributed by atoms with Gasteiger partial charge in [0.2, 0.25) is 0 Å². The molecule has 0 aliphatic carbocycles. The number of aromatic nitrogens is 1. The van der Waals surface area contributed by atoms with E-state index in [1.165, 1.54) is 12.3 Å². The van der Waals surface area contributed by atoms with E-state index in [2.05, 4.69) is 9.88 Å². The van der Waals surface area contributed by atoms with Crippen LogP contribution in [0.4, 0.5) is 19.0 Å². The first-order valence-corrected chi connectivity index (χ1v) is 6.61. The van der Waals surface area contributed by atoms with Gasteiger partial charge in [0.05, 0.1) is 5.56 Å². The number of nitrogens with zero attached hydrogens (tertiary/aromatic N) is 3. The highest BCUT2D eigenvalue weighted by atomic mass is 35.5. The number of anilines is 1. The molecular weight excluding hydrogens is 279 g/mol. The van der Waals surface area contributed by atoms with E-state index in [4.69, 9.17) is 11.6 Å². The molecule has 0 N–H and O–H groups in total. The quantitative estimate of drug-likeness (QED) is 0.798. The van der Waals surface area contributed by atoms with Crippen LogP contribution in [-0.4, -0.2) is 48.5 Å². The van der Waals surface area contributed by atoms with Crippen molar-refractivity contribution in [1.29, 1.82) is 0 Å². The summed E-state index contributed by atoms with van der Waals surface area (Å²) in [7, 11) is 0. The number of rotatable bonds is 3. The SMILES string of the molecule is FC(F)(F)c1cccnc1N1CCN(CCCl)CC1. The third-order valence-electron chi connectivity index (χ3n) is 3.16. The summed E-state index contributed by atoms with van der Waals surface area (Å²) >= 11 is 5.66. The van der Waals surface area contributed by atoms with Gasteiger partial charge in [0.25, 0.3) is 0 Å². The molecule has 106 valence electrons. The van der Waals surface area contributed by atoms with Crippen LogP contribution in [0.1, 0.15) is 5.56 Å². The number of pyridine rings is 1. The average Bonchev–Trinajstić information content (AvgIpc) is 2.39. The molecule has 0 bridgehead atoms. The molecule has 1 fully saturated rings. The Kier molecular flexibility index (Phi) is 4.52. The molecule has 1 aromatic rings. The largest absolute Gasteiger partial charge is 0.419 e. The van der Waals surface area contributed by atoms with Gasteiger partial charge >= 0.3 is 6.18 Å². The summed E-state index contributed by atoms with van der Waals surface area (Å²) < 4.78 is 38.7. The third-order valence-corrected chi connectivity index (χ3v) is 3.33. The second kappa shape index (κ2) is 5.96. The van der Waals surface area contributed by atoms with Gasteiger partial charge in [-0.2, -0.15) is 13.2 Å². The first kappa shape index (κ1) is 14.4. The standard InChI is InChI=1S/C12H15ClF3N3/c13-3-5-18-6-8-19(9-7-18)11-10(12(14,15)16)2-1-4-17-11/h1-2,4H,3,5-9H2. The van der Waals surface area contributed by atoms with Gasteiger partial charge in [0.15, 0.2) is 0 Å². The topological polar surface area (TPSA) is 19.4 Å². The highest BCUT2D eigenvalue weighted by Gasteiger charge is 2.36. The average molecular weight is 294 g/mol. The Morgan fingerprint density at radius 1 is 1.21 bits per heavy atom. The van der Waals surface area contributed by atoms with E-state index >= 15 is 0 Å². The monoisotopic (exact) mass is 293 g/mol. The molecule has 1 aliphatic rings. The van der Waals surface area contributed by atoms with Gasteiger partial charge in [-0.25, -0.2) is 4.98 Å². The van der Waals surface area contributed by atoms with E-state index in [1.807, 2.05) is 0 Å². The summed E-state index contributed by atoms with van der Waals surface area (Å²) in [5, 5.41) is 0. The van der Waals surface area contributed by atoms with Crippen LogP contribution in [0.3, 0.4) is 0 Å². The summed E-state index contributed by atoms with van der Waals surface area (Å²) in [6.07, 6.45) is -2.97. The molecule has 3 nitrogen and oxygen atoms in total. The summed E-state index contributed by atoms with van der Waals surface area (Å²) in [5.74, 6) is 0.567. The van der Waals surface area contributed by atoms with Crippen molar-refractivity contribution < 1.29 is 13.2 Å². The van der Waals surface area contributed by atoms with E-state index in [9.17, 15) is 13.2 Å². The predicted molar refractivity (Wildman–Crippen MR) is 68.6 cm³/mol. The molecular formula is C12H15ClF3N3. The van der Waals surface area contributed by atoms with Gasteiger partial charge in [-0.05, 0) is 12.1 Å². The van der Waals surface area contributed by atoms with Crippen LogP contribution in [0, 0.1) is 0 Å². The second-order valence-corrected chi connectivity index (χ2v) is 4.77. The molecule has 1 aliphatic heterocycles. The Hall–Kier alpha value is -1.01. The molecule has 0 atom stereocenters. The molecule has 1 saturated heterocycles. The molecule has 0 saturated carbocycles. The van der Waals surface area contributed by atoms with E-state index < -0.39 is 11.7 Å². The minimum Gasteiger partial charge on any atom is -0.354 e. The first-order valence-electron chi connectivity index (χ1n) is 6.08. The van der Waals surface area contributed by atoms with Crippen LogP contribution in [0.25, 0.3) is 0 Å². The van der Waals surface area contributed by atoms with Gasteiger partial charge in [-0.3, -0.25) is 4.90 Å². The van der Waals surface area contributed by atoms with E-state index in [0.29, 0.717) is 32.1 Å². The maximum absolute atomic E-state index is 12.9. The minimum absolute atomic E-state index is 0.0283. The van der Waals surface area contributed by atoms with Crippen LogP contribution < -0.4 is 4.90 Å². The van der Waals surface area contributed by atoms with Crippen molar-refractivity contribution in [2.24, 2.45) is 0 Å². The van der Waals surface area contributed by atoms with Crippen molar-refractivity contribution in [3.05, 3.63) is 23.9 Å². The lowest BCUT2D eigenvalue weighted by molar-refractivity contribution is -0.137. The fourth-order valence-corrected chi connectivity index (χ4v) is 2.41. The van der Waals surface area contributed by atoms with Gasteiger partial charge in [-0.15, -0.1) is 11.6 Å². The molecule has 7 heteroatoms. The number of hydrogen-bond acceptors (Lipinski definition) is 3. The Balaban J connectivity index is 2.12. The number of halogens is 4. The van der Waals surface area contributed by atoms with Crippen LogP contribution in [0.2, 0.25) is 0 Å². The second-order valence-electron chi connectivity index (χ2n) is 4.39. The maximum Gasteiger partial charge on any atom is 0.419 e. The molecule has 1 aromatic heterocycles. The first-order chi connectivity index (χ1) is 9.02. The summed E-state index contributed by atoms with van der Waals surface area (Å²) in [5.41, 5.74) is -0.666. The molecule has 0 amide bonds. The normalized spacial score (nSPS) is 17.8. The lowest BCUT2D eigenvalue weighted by Gasteiger charge is -2.36.